The molecule has 0 saturated carbocycles. The third-order valence-electron chi connectivity index (χ3n) is 4.52. The minimum absolute atomic E-state index is 0.122. The molecule has 0 aliphatic carbocycles. The summed E-state index contributed by atoms with van der Waals surface area (Å²) in [4.78, 5) is 24.4. The van der Waals surface area contributed by atoms with E-state index < -0.39 is 14.9 Å². The van der Waals surface area contributed by atoms with Crippen LogP contribution in [0.4, 0.5) is 16.5 Å². The van der Waals surface area contributed by atoms with Crippen LogP contribution < -0.4 is 10.2 Å². The summed E-state index contributed by atoms with van der Waals surface area (Å²) in [5, 5.41) is 21.8. The fourth-order valence-corrected chi connectivity index (χ4v) is 5.74. The minimum Gasteiger partial charge on any atom is -0.363 e. The van der Waals surface area contributed by atoms with Crippen LogP contribution in [-0.4, -0.2) is 59.9 Å². The number of carbonyl (C=O) groups is 1. The largest absolute Gasteiger partial charge is 0.363 e. The van der Waals surface area contributed by atoms with E-state index in [1.165, 1.54) is 10.4 Å². The summed E-state index contributed by atoms with van der Waals surface area (Å²) < 4.78 is 26.9. The van der Waals surface area contributed by atoms with Crippen molar-refractivity contribution in [1.29, 1.82) is 0 Å². The highest BCUT2D eigenvalue weighted by Gasteiger charge is 2.33. The average Bonchev–Trinajstić information content (AvgIpc) is 3.16. The molecule has 168 valence electrons. The summed E-state index contributed by atoms with van der Waals surface area (Å²) in [7, 11) is -3.89. The molecule has 3 rings (SSSR count). The number of aromatic nitrogens is 2. The molecule has 1 amide bonds. The fraction of sp³-hybridized carbons (Fsp3) is 0.471. The number of amides is 1. The van der Waals surface area contributed by atoms with Crippen molar-refractivity contribution < 1.29 is 18.1 Å². The molecule has 2 aromatic rings. The monoisotopic (exact) mass is 488 g/mol. The number of anilines is 2. The molecule has 14 heteroatoms. The number of benzene rings is 1. The zero-order valence-corrected chi connectivity index (χ0v) is 19.2. The van der Waals surface area contributed by atoms with E-state index in [4.69, 9.17) is 11.6 Å². The molecule has 1 aromatic carbocycles. The van der Waals surface area contributed by atoms with Gasteiger partial charge in [0.15, 0.2) is 0 Å². The standard InChI is InChI=1S/C17H21ClN6O5S2/c1-11(2)9-15(25)19-16-20-21-17(30-16)31(28,29)23-7-5-22(6-8-23)13-4-3-12(18)10-14(13)24(26)27/h3-4,10-11H,5-9H2,1-2H3,(H,19,20,25). The van der Waals surface area contributed by atoms with E-state index in [1.54, 1.807) is 17.0 Å². The van der Waals surface area contributed by atoms with Crippen LogP contribution in [0, 0.1) is 16.0 Å². The maximum atomic E-state index is 12.9. The summed E-state index contributed by atoms with van der Waals surface area (Å²) in [6.07, 6.45) is 0.292. The second kappa shape index (κ2) is 9.42. The van der Waals surface area contributed by atoms with Gasteiger partial charge in [-0.05, 0) is 18.1 Å². The predicted octanol–water partition coefficient (Wildman–Crippen LogP) is 2.60. The third-order valence-corrected chi connectivity index (χ3v) is 7.84. The number of nitro benzene ring substituents is 1. The molecule has 0 radical (unpaired) electrons. The van der Waals surface area contributed by atoms with E-state index in [0.29, 0.717) is 12.1 Å². The Kier molecular flexibility index (Phi) is 7.09. The van der Waals surface area contributed by atoms with Crippen molar-refractivity contribution in [3.63, 3.8) is 0 Å². The maximum Gasteiger partial charge on any atom is 0.294 e. The Labute approximate surface area is 188 Å². The number of carbonyl (C=O) groups excluding carboxylic acids is 1. The molecule has 1 N–H and O–H groups in total. The summed E-state index contributed by atoms with van der Waals surface area (Å²) in [6.45, 7) is 4.56. The van der Waals surface area contributed by atoms with Crippen LogP contribution in [0.2, 0.25) is 5.02 Å². The number of sulfonamides is 1. The lowest BCUT2D eigenvalue weighted by Gasteiger charge is -2.34. The average molecular weight is 489 g/mol. The summed E-state index contributed by atoms with van der Waals surface area (Å²) in [5.41, 5.74) is 0.257. The molecule has 31 heavy (non-hydrogen) atoms. The zero-order valence-electron chi connectivity index (χ0n) is 16.8. The fourth-order valence-electron chi connectivity index (χ4n) is 3.10. The number of hydrogen-bond donors (Lipinski definition) is 1. The van der Waals surface area contributed by atoms with Crippen LogP contribution >= 0.6 is 22.9 Å². The second-order valence-electron chi connectivity index (χ2n) is 7.30. The quantitative estimate of drug-likeness (QED) is 0.356. The predicted molar refractivity (Wildman–Crippen MR) is 117 cm³/mol. The van der Waals surface area contributed by atoms with Crippen molar-refractivity contribution in [3.8, 4) is 0 Å². The second-order valence-corrected chi connectivity index (χ2v) is 10.8. The van der Waals surface area contributed by atoms with Gasteiger partial charge in [0, 0.05) is 43.7 Å². The van der Waals surface area contributed by atoms with E-state index in [1.807, 2.05) is 13.8 Å². The molecule has 1 aliphatic rings. The summed E-state index contributed by atoms with van der Waals surface area (Å²) in [6, 6.07) is 4.39. The molecule has 0 spiro atoms. The first-order chi connectivity index (χ1) is 14.6. The number of rotatable bonds is 7. The number of nitro groups is 1. The Balaban J connectivity index is 1.68. The minimum atomic E-state index is -3.89. The molecule has 1 aromatic heterocycles. The molecule has 1 saturated heterocycles. The van der Waals surface area contributed by atoms with Gasteiger partial charge in [-0.3, -0.25) is 14.9 Å². The van der Waals surface area contributed by atoms with Crippen molar-refractivity contribution in [1.82, 2.24) is 14.5 Å². The number of nitrogens with one attached hydrogen (secondary N) is 1. The van der Waals surface area contributed by atoms with Gasteiger partial charge in [0.2, 0.25) is 15.4 Å². The van der Waals surface area contributed by atoms with Gasteiger partial charge in [-0.25, -0.2) is 8.42 Å². The zero-order chi connectivity index (χ0) is 22.8. The topological polar surface area (TPSA) is 139 Å². The lowest BCUT2D eigenvalue weighted by Crippen LogP contribution is -2.48. The summed E-state index contributed by atoms with van der Waals surface area (Å²) in [5.74, 6) is -0.0999. The number of hydrogen-bond acceptors (Lipinski definition) is 9. The van der Waals surface area contributed by atoms with Gasteiger partial charge < -0.3 is 10.2 Å². The number of halogens is 1. The Hall–Kier alpha value is -2.35. The third kappa shape index (κ3) is 5.47. The van der Waals surface area contributed by atoms with Crippen LogP contribution in [0.5, 0.6) is 0 Å². The first kappa shape index (κ1) is 23.3. The molecule has 0 unspecified atom stereocenters. The van der Waals surface area contributed by atoms with Crippen LogP contribution in [0.25, 0.3) is 0 Å². The highest BCUT2D eigenvalue weighted by Crippen LogP contribution is 2.32. The molecular weight excluding hydrogens is 468 g/mol. The molecule has 1 fully saturated rings. The van der Waals surface area contributed by atoms with Gasteiger partial charge >= 0.3 is 0 Å². The van der Waals surface area contributed by atoms with Crippen molar-refractivity contribution in [2.24, 2.45) is 5.92 Å². The first-order valence-electron chi connectivity index (χ1n) is 9.40. The van der Waals surface area contributed by atoms with Crippen molar-refractivity contribution in [2.75, 3.05) is 36.4 Å². The number of piperazine rings is 1. The molecular formula is C17H21ClN6O5S2. The van der Waals surface area contributed by atoms with Gasteiger partial charge in [-0.2, -0.15) is 4.31 Å². The van der Waals surface area contributed by atoms with Crippen molar-refractivity contribution >= 4 is 55.4 Å². The Bertz CT molecular complexity index is 1080. The SMILES string of the molecule is CC(C)CC(=O)Nc1nnc(S(=O)(=O)N2CCN(c3ccc(Cl)cc3[N+](=O)[O-])CC2)s1. The smallest absolute Gasteiger partial charge is 0.294 e. The van der Waals surface area contributed by atoms with E-state index in [0.717, 1.165) is 11.3 Å². The van der Waals surface area contributed by atoms with Crippen LogP contribution in [0.15, 0.2) is 22.5 Å². The van der Waals surface area contributed by atoms with Crippen molar-refractivity contribution in [3.05, 3.63) is 33.3 Å². The van der Waals surface area contributed by atoms with Gasteiger partial charge in [0.05, 0.1) is 4.92 Å². The van der Waals surface area contributed by atoms with Crippen LogP contribution in [0.3, 0.4) is 0 Å². The lowest BCUT2D eigenvalue weighted by atomic mass is 10.1. The van der Waals surface area contributed by atoms with E-state index in [9.17, 15) is 23.3 Å². The normalized spacial score (nSPS) is 15.3. The van der Waals surface area contributed by atoms with Crippen LogP contribution in [0.1, 0.15) is 20.3 Å². The Morgan fingerprint density at radius 3 is 2.58 bits per heavy atom. The van der Waals surface area contributed by atoms with Crippen LogP contribution in [-0.2, 0) is 14.8 Å². The van der Waals surface area contributed by atoms with Crippen molar-refractivity contribution in [2.45, 2.75) is 24.6 Å². The van der Waals surface area contributed by atoms with Gasteiger partial charge in [0.1, 0.15) is 5.69 Å². The highest BCUT2D eigenvalue weighted by atomic mass is 35.5. The molecule has 0 bridgehead atoms. The Morgan fingerprint density at radius 2 is 1.97 bits per heavy atom. The highest BCUT2D eigenvalue weighted by molar-refractivity contribution is 7.91. The molecule has 1 aliphatic heterocycles. The van der Waals surface area contributed by atoms with Gasteiger partial charge in [-0.15, -0.1) is 10.2 Å². The Morgan fingerprint density at radius 1 is 1.29 bits per heavy atom. The molecule has 0 atom stereocenters. The molecule has 2 heterocycles. The molecule has 11 nitrogen and oxygen atoms in total. The lowest BCUT2D eigenvalue weighted by molar-refractivity contribution is -0.384. The maximum absolute atomic E-state index is 12.9. The van der Waals surface area contributed by atoms with Gasteiger partial charge in [-0.1, -0.05) is 36.8 Å². The van der Waals surface area contributed by atoms with E-state index in [2.05, 4.69) is 15.5 Å². The first-order valence-corrected chi connectivity index (χ1v) is 12.0. The van der Waals surface area contributed by atoms with E-state index in [-0.39, 0.29) is 58.2 Å². The van der Waals surface area contributed by atoms with E-state index >= 15 is 0 Å². The summed E-state index contributed by atoms with van der Waals surface area (Å²) >= 11 is 6.65. The van der Waals surface area contributed by atoms with Gasteiger partial charge in [0.25, 0.3) is 15.7 Å². The number of nitrogens with zero attached hydrogens (tertiary/aromatic N) is 5.